The lowest BCUT2D eigenvalue weighted by molar-refractivity contribution is -0.116. The molecule has 1 aliphatic rings. The molecule has 0 aromatic heterocycles. The fourth-order valence-electron chi connectivity index (χ4n) is 1.98. The third-order valence-corrected chi connectivity index (χ3v) is 3.32. The predicted molar refractivity (Wildman–Crippen MR) is 67.6 cm³/mol. The molecule has 0 unspecified atom stereocenters. The van der Waals surface area contributed by atoms with Crippen molar-refractivity contribution in [1.82, 2.24) is 9.80 Å². The first-order valence-corrected chi connectivity index (χ1v) is 6.30. The summed E-state index contributed by atoms with van der Waals surface area (Å²) in [5.74, 6) is 0.347. The van der Waals surface area contributed by atoms with E-state index in [0.29, 0.717) is 12.2 Å². The highest BCUT2D eigenvalue weighted by atomic mass is 16.1. The van der Waals surface area contributed by atoms with Gasteiger partial charge in [-0.05, 0) is 32.1 Å². The second kappa shape index (κ2) is 6.81. The molecule has 1 rings (SSSR count). The Labute approximate surface area is 99.1 Å². The van der Waals surface area contributed by atoms with Crippen LogP contribution in [0.2, 0.25) is 0 Å². The molecule has 3 heteroatoms. The van der Waals surface area contributed by atoms with Crippen LogP contribution in [0.1, 0.15) is 26.7 Å². The van der Waals surface area contributed by atoms with Gasteiger partial charge in [-0.25, -0.2) is 0 Å². The lowest BCUT2D eigenvalue weighted by Crippen LogP contribution is -2.29. The first kappa shape index (κ1) is 13.4. The van der Waals surface area contributed by atoms with E-state index >= 15 is 0 Å². The summed E-state index contributed by atoms with van der Waals surface area (Å²) in [6.45, 7) is 9.19. The van der Waals surface area contributed by atoms with Crippen molar-refractivity contribution in [2.45, 2.75) is 26.7 Å². The first-order chi connectivity index (χ1) is 7.67. The van der Waals surface area contributed by atoms with Crippen LogP contribution in [-0.2, 0) is 4.79 Å². The average molecular weight is 224 g/mol. The second-order valence-corrected chi connectivity index (χ2v) is 4.44. The molecule has 0 atom stereocenters. The lowest BCUT2D eigenvalue weighted by Gasteiger charge is -2.22. The maximum absolute atomic E-state index is 11.9. The summed E-state index contributed by atoms with van der Waals surface area (Å²) in [4.78, 5) is 16.5. The molecule has 3 nitrogen and oxygen atoms in total. The molecule has 0 radical (unpaired) electrons. The van der Waals surface area contributed by atoms with Crippen LogP contribution in [-0.4, -0.2) is 55.4 Å². The quantitative estimate of drug-likeness (QED) is 0.684. The molecule has 0 bridgehead atoms. The molecule has 0 aromatic rings. The maximum atomic E-state index is 11.9. The summed E-state index contributed by atoms with van der Waals surface area (Å²) in [5.41, 5.74) is 1.05. The molecule has 0 aliphatic carbocycles. The van der Waals surface area contributed by atoms with Crippen LogP contribution in [0.5, 0.6) is 0 Å². The van der Waals surface area contributed by atoms with E-state index in [1.807, 2.05) is 0 Å². The van der Waals surface area contributed by atoms with Gasteiger partial charge in [-0.2, -0.15) is 0 Å². The molecule has 0 amide bonds. The highest BCUT2D eigenvalue weighted by Crippen LogP contribution is 2.12. The molecule has 0 spiro atoms. The van der Waals surface area contributed by atoms with Crippen LogP contribution in [0, 0.1) is 0 Å². The number of carbonyl (C=O) groups is 1. The molecule has 16 heavy (non-hydrogen) atoms. The zero-order chi connectivity index (χ0) is 12.0. The van der Waals surface area contributed by atoms with Gasteiger partial charge in [-0.3, -0.25) is 4.79 Å². The molecule has 1 heterocycles. The minimum absolute atomic E-state index is 0.347. The normalized spacial score (nSPS) is 17.6. The summed E-state index contributed by atoms with van der Waals surface area (Å²) < 4.78 is 0. The topological polar surface area (TPSA) is 23.6 Å². The number of carbonyl (C=O) groups excluding carboxylic acids is 1. The Bertz CT molecular complexity index is 257. The largest absolute Gasteiger partial charge is 0.303 e. The minimum Gasteiger partial charge on any atom is -0.303 e. The second-order valence-electron chi connectivity index (χ2n) is 4.44. The highest BCUT2D eigenvalue weighted by molar-refractivity contribution is 5.95. The monoisotopic (exact) mass is 224 g/mol. The summed E-state index contributed by atoms with van der Waals surface area (Å²) >= 11 is 0. The van der Waals surface area contributed by atoms with Gasteiger partial charge in [0.2, 0.25) is 0 Å². The fourth-order valence-corrected chi connectivity index (χ4v) is 1.98. The van der Waals surface area contributed by atoms with Gasteiger partial charge in [0, 0.05) is 26.1 Å². The third kappa shape index (κ3) is 4.06. The average Bonchev–Trinajstić information content (AvgIpc) is 2.31. The van der Waals surface area contributed by atoms with Gasteiger partial charge in [0.1, 0.15) is 0 Å². The van der Waals surface area contributed by atoms with E-state index in [0.717, 1.165) is 44.7 Å². The van der Waals surface area contributed by atoms with Gasteiger partial charge in [0.05, 0.1) is 0 Å². The van der Waals surface area contributed by atoms with Crippen molar-refractivity contribution < 1.29 is 4.79 Å². The molecule has 0 saturated carbocycles. The van der Waals surface area contributed by atoms with Crippen molar-refractivity contribution in [2.75, 3.05) is 39.8 Å². The Balaban J connectivity index is 2.35. The van der Waals surface area contributed by atoms with Crippen LogP contribution in [0.15, 0.2) is 11.6 Å². The van der Waals surface area contributed by atoms with E-state index in [1.54, 1.807) is 0 Å². The Morgan fingerprint density at radius 3 is 2.62 bits per heavy atom. The number of hydrogen-bond donors (Lipinski definition) is 0. The van der Waals surface area contributed by atoms with E-state index < -0.39 is 0 Å². The minimum atomic E-state index is 0.347. The Morgan fingerprint density at radius 1 is 1.44 bits per heavy atom. The zero-order valence-corrected chi connectivity index (χ0v) is 10.8. The number of Topliss-reactive ketones (excluding diaryl/α,β-unsaturated/α-hetero) is 1. The molecule has 0 saturated heterocycles. The van der Waals surface area contributed by atoms with Gasteiger partial charge >= 0.3 is 0 Å². The summed E-state index contributed by atoms with van der Waals surface area (Å²) in [7, 11) is 2.09. The Hall–Kier alpha value is -0.670. The predicted octanol–water partition coefficient (Wildman–Crippen LogP) is 1.55. The van der Waals surface area contributed by atoms with Crippen LogP contribution in [0.25, 0.3) is 0 Å². The SMILES string of the molecule is CCN(CC)CCC(=O)C1=CCN(C)CC1. The van der Waals surface area contributed by atoms with E-state index in [-0.39, 0.29) is 0 Å². The van der Waals surface area contributed by atoms with Gasteiger partial charge in [-0.1, -0.05) is 19.9 Å². The van der Waals surface area contributed by atoms with Gasteiger partial charge in [-0.15, -0.1) is 0 Å². The van der Waals surface area contributed by atoms with Crippen molar-refractivity contribution in [1.29, 1.82) is 0 Å². The fraction of sp³-hybridized carbons (Fsp3) is 0.769. The number of ketones is 1. The number of hydrogen-bond acceptors (Lipinski definition) is 3. The molecule has 1 aliphatic heterocycles. The number of likely N-dealkylation sites (N-methyl/N-ethyl adjacent to an activating group) is 1. The van der Waals surface area contributed by atoms with Crippen molar-refractivity contribution in [3.8, 4) is 0 Å². The molecule has 92 valence electrons. The van der Waals surface area contributed by atoms with Gasteiger partial charge < -0.3 is 9.80 Å². The Kier molecular flexibility index (Phi) is 5.71. The van der Waals surface area contributed by atoms with Crippen LogP contribution in [0.4, 0.5) is 0 Å². The van der Waals surface area contributed by atoms with E-state index in [1.165, 1.54) is 0 Å². The van der Waals surface area contributed by atoms with Crippen molar-refractivity contribution in [3.05, 3.63) is 11.6 Å². The zero-order valence-electron chi connectivity index (χ0n) is 10.8. The smallest absolute Gasteiger partial charge is 0.159 e. The summed E-state index contributed by atoms with van der Waals surface area (Å²) in [6, 6.07) is 0. The lowest BCUT2D eigenvalue weighted by atomic mass is 10.0. The third-order valence-electron chi connectivity index (χ3n) is 3.32. The molecule has 0 N–H and O–H groups in total. The van der Waals surface area contributed by atoms with Gasteiger partial charge in [0.25, 0.3) is 0 Å². The van der Waals surface area contributed by atoms with Crippen LogP contribution < -0.4 is 0 Å². The van der Waals surface area contributed by atoms with Crippen LogP contribution in [0.3, 0.4) is 0 Å². The number of nitrogens with zero attached hydrogens (tertiary/aromatic N) is 2. The molecular formula is C13H24N2O. The maximum Gasteiger partial charge on any atom is 0.159 e. The van der Waals surface area contributed by atoms with E-state index in [2.05, 4.69) is 36.8 Å². The summed E-state index contributed by atoms with van der Waals surface area (Å²) in [5, 5.41) is 0. The van der Waals surface area contributed by atoms with Crippen molar-refractivity contribution >= 4 is 5.78 Å². The molecular weight excluding hydrogens is 200 g/mol. The standard InChI is InChI=1S/C13H24N2O/c1-4-15(5-2)11-8-13(16)12-6-9-14(3)10-7-12/h6H,4-5,7-11H2,1-3H3. The number of rotatable bonds is 6. The van der Waals surface area contributed by atoms with Crippen LogP contribution >= 0.6 is 0 Å². The molecule has 0 aromatic carbocycles. The van der Waals surface area contributed by atoms with E-state index in [4.69, 9.17) is 0 Å². The summed E-state index contributed by atoms with van der Waals surface area (Å²) in [6.07, 6.45) is 3.69. The van der Waals surface area contributed by atoms with Crippen molar-refractivity contribution in [2.24, 2.45) is 0 Å². The van der Waals surface area contributed by atoms with Crippen molar-refractivity contribution in [3.63, 3.8) is 0 Å². The highest BCUT2D eigenvalue weighted by Gasteiger charge is 2.14. The first-order valence-electron chi connectivity index (χ1n) is 6.30. The molecule has 0 fully saturated rings. The Morgan fingerprint density at radius 2 is 2.12 bits per heavy atom. The van der Waals surface area contributed by atoms with Gasteiger partial charge in [0.15, 0.2) is 5.78 Å². The van der Waals surface area contributed by atoms with E-state index in [9.17, 15) is 4.79 Å².